The summed E-state index contributed by atoms with van der Waals surface area (Å²) in [6.07, 6.45) is -3.78. The molecule has 21 heavy (non-hydrogen) atoms. The number of rotatable bonds is 3. The van der Waals surface area contributed by atoms with E-state index in [1.54, 1.807) is 6.92 Å². The van der Waals surface area contributed by atoms with Crippen LogP contribution in [0.1, 0.15) is 21.5 Å². The van der Waals surface area contributed by atoms with Gasteiger partial charge in [0.25, 0.3) is 0 Å². The predicted octanol–water partition coefficient (Wildman–Crippen LogP) is 3.90. The fourth-order valence-electron chi connectivity index (χ4n) is 1.62. The first kappa shape index (κ1) is 14.8. The molecule has 0 radical (unpaired) electrons. The topological polar surface area (TPSA) is 59.4 Å². The molecule has 0 amide bonds. The molecule has 0 aliphatic rings. The summed E-state index contributed by atoms with van der Waals surface area (Å²) in [5.74, 6) is -0.751. The summed E-state index contributed by atoms with van der Waals surface area (Å²) in [4.78, 5) is 14.4. The number of hydrogen-bond acceptors (Lipinski definition) is 3. The van der Waals surface area contributed by atoms with Crippen molar-refractivity contribution in [1.29, 1.82) is 0 Å². The van der Waals surface area contributed by atoms with E-state index in [0.29, 0.717) is 17.5 Å². The molecule has 1 heterocycles. The third-order valence-corrected chi connectivity index (χ3v) is 2.70. The molecule has 2 aromatic rings. The van der Waals surface area contributed by atoms with Gasteiger partial charge in [-0.25, -0.2) is 9.78 Å². The normalized spacial score (nSPS) is 11.2. The smallest absolute Gasteiger partial charge is 0.417 e. The molecule has 0 unspecified atom stereocenters. The van der Waals surface area contributed by atoms with Crippen LogP contribution in [-0.4, -0.2) is 16.1 Å². The monoisotopic (exact) mass is 297 g/mol. The Hall–Kier alpha value is -2.57. The van der Waals surface area contributed by atoms with E-state index in [4.69, 9.17) is 9.84 Å². The summed E-state index contributed by atoms with van der Waals surface area (Å²) in [7, 11) is 0. The number of carbonyl (C=O) groups is 1. The number of ether oxygens (including phenoxy) is 1. The summed E-state index contributed by atoms with van der Waals surface area (Å²) in [6.45, 7) is 1.63. The second kappa shape index (κ2) is 5.43. The van der Waals surface area contributed by atoms with Crippen molar-refractivity contribution in [3.8, 4) is 11.6 Å². The number of aromatic nitrogens is 1. The number of hydrogen-bond donors (Lipinski definition) is 1. The molecule has 1 N–H and O–H groups in total. The van der Waals surface area contributed by atoms with Gasteiger partial charge in [0, 0.05) is 12.3 Å². The summed E-state index contributed by atoms with van der Waals surface area (Å²) in [5, 5.41) is 8.84. The molecule has 4 nitrogen and oxygen atoms in total. The molecule has 0 saturated carbocycles. The van der Waals surface area contributed by atoms with Crippen LogP contribution in [0.5, 0.6) is 11.6 Å². The molecule has 7 heteroatoms. The molecule has 2 rings (SSSR count). The minimum absolute atomic E-state index is 0.00539. The number of halogens is 3. The molecule has 0 saturated heterocycles. The fraction of sp³-hybridized carbons (Fsp3) is 0.143. The summed E-state index contributed by atoms with van der Waals surface area (Å²) in [5.41, 5.74) is -0.232. The highest BCUT2D eigenvalue weighted by Gasteiger charge is 2.30. The number of aromatic carboxylic acids is 1. The number of carboxylic acids is 1. The Morgan fingerprint density at radius 3 is 2.43 bits per heavy atom. The van der Waals surface area contributed by atoms with Crippen LogP contribution >= 0.6 is 0 Å². The number of nitrogens with zero attached hydrogens (tertiary/aromatic N) is 1. The van der Waals surface area contributed by atoms with Crippen molar-refractivity contribution in [3.63, 3.8) is 0 Å². The van der Waals surface area contributed by atoms with E-state index in [-0.39, 0.29) is 11.4 Å². The van der Waals surface area contributed by atoms with E-state index in [9.17, 15) is 18.0 Å². The zero-order valence-corrected chi connectivity index (χ0v) is 10.8. The van der Waals surface area contributed by atoms with Crippen LogP contribution in [0.2, 0.25) is 0 Å². The molecule has 110 valence electrons. The predicted molar refractivity (Wildman–Crippen MR) is 67.5 cm³/mol. The van der Waals surface area contributed by atoms with Crippen molar-refractivity contribution in [2.24, 2.45) is 0 Å². The Morgan fingerprint density at radius 2 is 1.95 bits per heavy atom. The lowest BCUT2D eigenvalue weighted by Gasteiger charge is -2.10. The van der Waals surface area contributed by atoms with Gasteiger partial charge in [0.15, 0.2) is 0 Å². The van der Waals surface area contributed by atoms with Crippen LogP contribution in [0.25, 0.3) is 0 Å². The van der Waals surface area contributed by atoms with Gasteiger partial charge in [-0.3, -0.25) is 0 Å². The van der Waals surface area contributed by atoms with Gasteiger partial charge in [0.1, 0.15) is 5.75 Å². The van der Waals surface area contributed by atoms with Gasteiger partial charge in [0.05, 0.1) is 11.1 Å². The number of carboxylic acid groups (broad SMARTS) is 1. The van der Waals surface area contributed by atoms with Crippen LogP contribution in [0.15, 0.2) is 36.5 Å². The highest BCUT2D eigenvalue weighted by molar-refractivity contribution is 5.88. The number of pyridine rings is 1. The van der Waals surface area contributed by atoms with Crippen molar-refractivity contribution in [1.82, 2.24) is 4.98 Å². The zero-order valence-electron chi connectivity index (χ0n) is 10.8. The van der Waals surface area contributed by atoms with Gasteiger partial charge in [-0.1, -0.05) is 0 Å². The average Bonchev–Trinajstić information content (AvgIpc) is 2.40. The van der Waals surface area contributed by atoms with E-state index in [1.807, 2.05) is 0 Å². The first-order valence-corrected chi connectivity index (χ1v) is 5.82. The van der Waals surface area contributed by atoms with Crippen molar-refractivity contribution in [3.05, 3.63) is 53.2 Å². The molecule has 1 aromatic heterocycles. The minimum Gasteiger partial charge on any atom is -0.478 e. The molecule has 0 aliphatic heterocycles. The Balaban J connectivity index is 2.20. The molecule has 0 atom stereocenters. The van der Waals surface area contributed by atoms with Gasteiger partial charge in [-0.2, -0.15) is 13.2 Å². The van der Waals surface area contributed by atoms with Crippen LogP contribution in [0.4, 0.5) is 13.2 Å². The summed E-state index contributed by atoms with van der Waals surface area (Å²) in [6, 6.07) is 6.14. The summed E-state index contributed by atoms with van der Waals surface area (Å²) >= 11 is 0. The van der Waals surface area contributed by atoms with Crippen LogP contribution in [0, 0.1) is 6.92 Å². The minimum atomic E-state index is -4.45. The quantitative estimate of drug-likeness (QED) is 0.933. The SMILES string of the molecule is Cc1cc(C(=O)O)ccc1Oc1ccc(C(F)(F)F)cn1. The van der Waals surface area contributed by atoms with Crippen LogP contribution in [-0.2, 0) is 6.18 Å². The lowest BCUT2D eigenvalue weighted by atomic mass is 10.1. The Labute approximate surface area is 117 Å². The highest BCUT2D eigenvalue weighted by Crippen LogP contribution is 2.30. The molecular weight excluding hydrogens is 287 g/mol. The first-order valence-electron chi connectivity index (χ1n) is 5.82. The number of benzene rings is 1. The maximum Gasteiger partial charge on any atom is 0.417 e. The second-order valence-electron chi connectivity index (χ2n) is 4.27. The van der Waals surface area contributed by atoms with Crippen molar-refractivity contribution in [2.75, 3.05) is 0 Å². The molecule has 0 bridgehead atoms. The van der Waals surface area contributed by atoms with Gasteiger partial charge in [-0.05, 0) is 36.8 Å². The van der Waals surface area contributed by atoms with Gasteiger partial charge < -0.3 is 9.84 Å². The third kappa shape index (κ3) is 3.50. The van der Waals surface area contributed by atoms with Crippen molar-refractivity contribution >= 4 is 5.97 Å². The largest absolute Gasteiger partial charge is 0.478 e. The Morgan fingerprint density at radius 1 is 1.24 bits per heavy atom. The third-order valence-electron chi connectivity index (χ3n) is 2.70. The molecule has 0 aliphatic carbocycles. The van der Waals surface area contributed by atoms with Gasteiger partial charge >= 0.3 is 12.1 Å². The van der Waals surface area contributed by atoms with E-state index in [1.165, 1.54) is 18.2 Å². The number of aryl methyl sites for hydroxylation is 1. The van der Waals surface area contributed by atoms with E-state index < -0.39 is 17.7 Å². The van der Waals surface area contributed by atoms with Gasteiger partial charge in [-0.15, -0.1) is 0 Å². The van der Waals surface area contributed by atoms with Crippen molar-refractivity contribution < 1.29 is 27.8 Å². The maximum atomic E-state index is 12.4. The first-order chi connectivity index (χ1) is 9.77. The molecular formula is C14H10F3NO3. The van der Waals surface area contributed by atoms with E-state index in [2.05, 4.69) is 4.98 Å². The lowest BCUT2D eigenvalue weighted by Crippen LogP contribution is -2.05. The van der Waals surface area contributed by atoms with E-state index in [0.717, 1.165) is 12.1 Å². The summed E-state index contributed by atoms with van der Waals surface area (Å²) < 4.78 is 42.5. The molecule has 1 aromatic carbocycles. The standard InChI is InChI=1S/C14H10F3NO3/c1-8-6-9(13(19)20)2-4-11(8)21-12-5-3-10(7-18-12)14(15,16)17/h2-7H,1H3,(H,19,20). The Kier molecular flexibility index (Phi) is 3.84. The fourth-order valence-corrected chi connectivity index (χ4v) is 1.62. The number of alkyl halides is 3. The second-order valence-corrected chi connectivity index (χ2v) is 4.27. The Bertz CT molecular complexity index is 666. The lowest BCUT2D eigenvalue weighted by molar-refractivity contribution is -0.137. The van der Waals surface area contributed by atoms with Crippen LogP contribution < -0.4 is 4.74 Å². The van der Waals surface area contributed by atoms with Gasteiger partial charge in [0.2, 0.25) is 5.88 Å². The molecule has 0 fully saturated rings. The van der Waals surface area contributed by atoms with Crippen LogP contribution in [0.3, 0.4) is 0 Å². The zero-order chi connectivity index (χ0) is 15.6. The van der Waals surface area contributed by atoms with E-state index >= 15 is 0 Å². The average molecular weight is 297 g/mol. The van der Waals surface area contributed by atoms with Crippen molar-refractivity contribution in [2.45, 2.75) is 13.1 Å². The highest BCUT2D eigenvalue weighted by atomic mass is 19.4. The maximum absolute atomic E-state index is 12.4. The molecule has 0 spiro atoms.